The Bertz CT molecular complexity index is 1040. The van der Waals surface area contributed by atoms with E-state index < -0.39 is 11.6 Å². The molecule has 0 radical (unpaired) electrons. The second-order valence-electron chi connectivity index (χ2n) is 7.68. The van der Waals surface area contributed by atoms with Crippen LogP contribution >= 0.6 is 0 Å². The molecule has 1 aliphatic carbocycles. The molecule has 0 bridgehead atoms. The average molecular weight is 413 g/mol. The predicted octanol–water partition coefficient (Wildman–Crippen LogP) is 4.40. The number of pyridine rings is 1. The standard InChI is InChI=1S/C22H25F2N5O/c1-2-29-21-18(13-27-29)20(28-17-6-4-3-5-7-17)19(12-25-21)22(30)26-11-14-8-15(23)10-16(24)9-14/h8-10,12-13,17H,2-7,11H2,1H3,(H,25,28)(H,26,30). The summed E-state index contributed by atoms with van der Waals surface area (Å²) in [5, 5.41) is 11.5. The third kappa shape index (κ3) is 4.27. The van der Waals surface area contributed by atoms with Crippen molar-refractivity contribution in [1.82, 2.24) is 20.1 Å². The van der Waals surface area contributed by atoms with Gasteiger partial charge in [-0.15, -0.1) is 0 Å². The predicted molar refractivity (Wildman–Crippen MR) is 111 cm³/mol. The lowest BCUT2D eigenvalue weighted by Gasteiger charge is -2.25. The van der Waals surface area contributed by atoms with E-state index in [0.29, 0.717) is 17.7 Å². The van der Waals surface area contributed by atoms with Gasteiger partial charge in [-0.25, -0.2) is 18.4 Å². The van der Waals surface area contributed by atoms with Gasteiger partial charge in [0.2, 0.25) is 0 Å². The van der Waals surface area contributed by atoms with Gasteiger partial charge < -0.3 is 10.6 Å². The van der Waals surface area contributed by atoms with E-state index in [-0.39, 0.29) is 18.5 Å². The number of hydrogen-bond donors (Lipinski definition) is 2. The van der Waals surface area contributed by atoms with Gasteiger partial charge in [0, 0.05) is 31.4 Å². The highest BCUT2D eigenvalue weighted by molar-refractivity contribution is 6.06. The summed E-state index contributed by atoms with van der Waals surface area (Å²) < 4.78 is 28.6. The third-order valence-electron chi connectivity index (χ3n) is 5.54. The summed E-state index contributed by atoms with van der Waals surface area (Å²) in [4.78, 5) is 17.4. The Morgan fingerprint density at radius 2 is 1.87 bits per heavy atom. The highest BCUT2D eigenvalue weighted by Gasteiger charge is 2.22. The average Bonchev–Trinajstić information content (AvgIpc) is 3.16. The Morgan fingerprint density at radius 1 is 1.13 bits per heavy atom. The van der Waals surface area contributed by atoms with E-state index in [9.17, 15) is 13.6 Å². The molecule has 0 saturated heterocycles. The normalized spacial score (nSPS) is 14.8. The molecule has 1 amide bonds. The van der Waals surface area contributed by atoms with Gasteiger partial charge in [0.1, 0.15) is 11.6 Å². The van der Waals surface area contributed by atoms with Gasteiger partial charge >= 0.3 is 0 Å². The second-order valence-corrected chi connectivity index (χ2v) is 7.68. The number of anilines is 1. The first kappa shape index (κ1) is 20.3. The molecule has 3 aromatic rings. The van der Waals surface area contributed by atoms with Crippen LogP contribution < -0.4 is 10.6 Å². The van der Waals surface area contributed by atoms with Crippen molar-refractivity contribution in [2.45, 2.75) is 58.2 Å². The number of benzene rings is 1. The highest BCUT2D eigenvalue weighted by atomic mass is 19.1. The Morgan fingerprint density at radius 3 is 2.57 bits per heavy atom. The molecule has 30 heavy (non-hydrogen) atoms. The van der Waals surface area contributed by atoms with Crippen molar-refractivity contribution < 1.29 is 13.6 Å². The molecule has 1 fully saturated rings. The minimum absolute atomic E-state index is 0.0165. The molecule has 4 rings (SSSR count). The van der Waals surface area contributed by atoms with Crippen molar-refractivity contribution in [2.24, 2.45) is 0 Å². The minimum atomic E-state index is -0.672. The quantitative estimate of drug-likeness (QED) is 0.628. The van der Waals surface area contributed by atoms with Crippen molar-refractivity contribution in [3.63, 3.8) is 0 Å². The van der Waals surface area contributed by atoms with Crippen LogP contribution in [0.4, 0.5) is 14.5 Å². The van der Waals surface area contributed by atoms with Gasteiger partial charge in [-0.3, -0.25) is 4.79 Å². The van der Waals surface area contributed by atoms with Crippen LogP contribution in [0.15, 0.2) is 30.6 Å². The number of carbonyl (C=O) groups excluding carboxylic acids is 1. The molecule has 2 aromatic heterocycles. The number of rotatable bonds is 6. The van der Waals surface area contributed by atoms with Gasteiger partial charge in [0.15, 0.2) is 5.65 Å². The van der Waals surface area contributed by atoms with Crippen molar-refractivity contribution in [1.29, 1.82) is 0 Å². The van der Waals surface area contributed by atoms with Crippen LogP contribution in [0.5, 0.6) is 0 Å². The summed E-state index contributed by atoms with van der Waals surface area (Å²) in [5.41, 5.74) is 2.20. The smallest absolute Gasteiger partial charge is 0.255 e. The SMILES string of the molecule is CCn1ncc2c(NC3CCCCC3)c(C(=O)NCc3cc(F)cc(F)c3)cnc21. The summed E-state index contributed by atoms with van der Waals surface area (Å²) in [5.74, 6) is -1.69. The minimum Gasteiger partial charge on any atom is -0.381 e. The van der Waals surface area contributed by atoms with Crippen molar-refractivity contribution >= 4 is 22.6 Å². The number of nitrogens with one attached hydrogen (secondary N) is 2. The molecular formula is C22H25F2N5O. The van der Waals surface area contributed by atoms with Crippen LogP contribution in [0.1, 0.15) is 54.9 Å². The summed E-state index contributed by atoms with van der Waals surface area (Å²) in [7, 11) is 0. The van der Waals surface area contributed by atoms with E-state index >= 15 is 0 Å². The van der Waals surface area contributed by atoms with Crippen molar-refractivity contribution in [3.05, 3.63) is 53.4 Å². The first-order valence-corrected chi connectivity index (χ1v) is 10.4. The first-order valence-electron chi connectivity index (χ1n) is 10.4. The largest absolute Gasteiger partial charge is 0.381 e. The molecule has 6 nitrogen and oxygen atoms in total. The van der Waals surface area contributed by atoms with Gasteiger partial charge in [0.05, 0.1) is 22.8 Å². The summed E-state index contributed by atoms with van der Waals surface area (Å²) in [6.45, 7) is 2.68. The van der Waals surface area contributed by atoms with E-state index in [0.717, 1.165) is 48.5 Å². The Kier molecular flexibility index (Phi) is 5.92. The molecule has 0 aliphatic heterocycles. The van der Waals surface area contributed by atoms with Crippen LogP contribution in [0, 0.1) is 11.6 Å². The Hall–Kier alpha value is -3.03. The molecule has 2 N–H and O–H groups in total. The van der Waals surface area contributed by atoms with Gasteiger partial charge in [0.25, 0.3) is 5.91 Å². The lowest BCUT2D eigenvalue weighted by Crippen LogP contribution is -2.27. The highest BCUT2D eigenvalue weighted by Crippen LogP contribution is 2.30. The third-order valence-corrected chi connectivity index (χ3v) is 5.54. The molecule has 1 aliphatic rings. The second kappa shape index (κ2) is 8.77. The van der Waals surface area contributed by atoms with Gasteiger partial charge in [-0.2, -0.15) is 5.10 Å². The zero-order valence-electron chi connectivity index (χ0n) is 16.9. The molecule has 0 spiro atoms. The lowest BCUT2D eigenvalue weighted by atomic mass is 9.95. The van der Waals surface area contributed by atoms with Crippen LogP contribution in [0.2, 0.25) is 0 Å². The van der Waals surface area contributed by atoms with Gasteiger partial charge in [-0.05, 0) is 37.5 Å². The van der Waals surface area contributed by atoms with Crippen molar-refractivity contribution in [2.75, 3.05) is 5.32 Å². The first-order chi connectivity index (χ1) is 14.5. The van der Waals surface area contributed by atoms with Crippen molar-refractivity contribution in [3.8, 4) is 0 Å². The lowest BCUT2D eigenvalue weighted by molar-refractivity contribution is 0.0951. The summed E-state index contributed by atoms with van der Waals surface area (Å²) in [6, 6.07) is 3.51. The maximum Gasteiger partial charge on any atom is 0.255 e. The Balaban J connectivity index is 1.62. The molecular weight excluding hydrogens is 388 g/mol. The van der Waals surface area contributed by atoms with E-state index in [1.807, 2.05) is 6.92 Å². The maximum atomic E-state index is 13.4. The molecule has 0 unspecified atom stereocenters. The fourth-order valence-corrected chi connectivity index (χ4v) is 4.03. The van der Waals surface area contributed by atoms with E-state index in [1.54, 1.807) is 17.1 Å². The number of hydrogen-bond acceptors (Lipinski definition) is 4. The molecule has 158 valence electrons. The molecule has 8 heteroatoms. The topological polar surface area (TPSA) is 71.8 Å². The van der Waals surface area contributed by atoms with E-state index in [4.69, 9.17) is 0 Å². The number of halogens is 2. The molecule has 1 saturated carbocycles. The monoisotopic (exact) mass is 413 g/mol. The number of aromatic nitrogens is 3. The summed E-state index contributed by atoms with van der Waals surface area (Å²) in [6.07, 6.45) is 8.93. The van der Waals surface area contributed by atoms with Crippen LogP contribution in [0.25, 0.3) is 11.0 Å². The van der Waals surface area contributed by atoms with Gasteiger partial charge in [-0.1, -0.05) is 19.3 Å². The number of nitrogens with zero attached hydrogens (tertiary/aromatic N) is 3. The molecule has 1 aromatic carbocycles. The molecule has 0 atom stereocenters. The number of carbonyl (C=O) groups is 1. The molecule has 2 heterocycles. The Labute approximate surface area is 173 Å². The fourth-order valence-electron chi connectivity index (χ4n) is 4.03. The maximum absolute atomic E-state index is 13.4. The number of amides is 1. The zero-order valence-corrected chi connectivity index (χ0v) is 16.9. The van der Waals surface area contributed by atoms with Crippen LogP contribution in [0.3, 0.4) is 0 Å². The fraction of sp³-hybridized carbons (Fsp3) is 0.409. The van der Waals surface area contributed by atoms with E-state index in [1.165, 1.54) is 18.6 Å². The van der Waals surface area contributed by atoms with Crippen LogP contribution in [-0.4, -0.2) is 26.7 Å². The summed E-state index contributed by atoms with van der Waals surface area (Å²) >= 11 is 0. The van der Waals surface area contributed by atoms with E-state index in [2.05, 4.69) is 20.7 Å². The van der Waals surface area contributed by atoms with Crippen LogP contribution in [-0.2, 0) is 13.1 Å². The number of fused-ring (bicyclic) bond motifs is 1. The number of aryl methyl sites for hydroxylation is 1. The zero-order chi connectivity index (χ0) is 21.1.